The molecular formula is C30H36BrN3O4S. The Morgan fingerprint density at radius 2 is 1.46 bits per heavy atom. The summed E-state index contributed by atoms with van der Waals surface area (Å²) in [6.07, 6.45) is 1.76. The summed E-state index contributed by atoms with van der Waals surface area (Å²) < 4.78 is 29.7. The average Bonchev–Trinajstić information content (AvgIpc) is 2.91. The van der Waals surface area contributed by atoms with Crippen molar-refractivity contribution in [2.24, 2.45) is 0 Å². The van der Waals surface area contributed by atoms with E-state index in [0.29, 0.717) is 12.2 Å². The van der Waals surface area contributed by atoms with Gasteiger partial charge in [-0.3, -0.25) is 13.9 Å². The van der Waals surface area contributed by atoms with Gasteiger partial charge in [0.2, 0.25) is 11.8 Å². The first-order chi connectivity index (χ1) is 18.5. The number of hydrogen-bond acceptors (Lipinski definition) is 4. The number of anilines is 1. The molecule has 9 heteroatoms. The van der Waals surface area contributed by atoms with Crippen LogP contribution < -0.4 is 9.62 Å². The van der Waals surface area contributed by atoms with Gasteiger partial charge >= 0.3 is 0 Å². The second-order valence-electron chi connectivity index (χ2n) is 9.63. The fraction of sp³-hybridized carbons (Fsp3) is 0.333. The van der Waals surface area contributed by atoms with Gasteiger partial charge in [0.25, 0.3) is 10.0 Å². The molecule has 0 saturated carbocycles. The van der Waals surface area contributed by atoms with Crippen LogP contribution in [0.25, 0.3) is 0 Å². The molecule has 3 aromatic rings. The summed E-state index contributed by atoms with van der Waals surface area (Å²) in [5, 5.41) is 2.89. The van der Waals surface area contributed by atoms with E-state index in [0.717, 1.165) is 38.3 Å². The smallest absolute Gasteiger partial charge is 0.264 e. The first-order valence-electron chi connectivity index (χ1n) is 13.0. The Kier molecular flexibility index (Phi) is 10.7. The number of carbonyl (C=O) groups is 2. The van der Waals surface area contributed by atoms with E-state index in [4.69, 9.17) is 0 Å². The molecule has 3 aromatic carbocycles. The van der Waals surface area contributed by atoms with Crippen LogP contribution in [0.5, 0.6) is 0 Å². The zero-order chi connectivity index (χ0) is 28.6. The van der Waals surface area contributed by atoms with Crippen molar-refractivity contribution in [2.75, 3.05) is 17.4 Å². The van der Waals surface area contributed by atoms with Gasteiger partial charge in [-0.15, -0.1) is 0 Å². The highest BCUT2D eigenvalue weighted by molar-refractivity contribution is 9.10. The van der Waals surface area contributed by atoms with E-state index < -0.39 is 28.5 Å². The molecule has 1 atom stereocenters. The van der Waals surface area contributed by atoms with E-state index in [2.05, 4.69) is 21.2 Å². The van der Waals surface area contributed by atoms with Gasteiger partial charge < -0.3 is 10.2 Å². The average molecular weight is 615 g/mol. The number of rotatable bonds is 12. The summed E-state index contributed by atoms with van der Waals surface area (Å²) >= 11 is 3.42. The lowest BCUT2D eigenvalue weighted by molar-refractivity contribution is -0.139. The molecule has 0 aliphatic carbocycles. The molecule has 0 aliphatic heterocycles. The van der Waals surface area contributed by atoms with E-state index in [1.54, 1.807) is 55.5 Å². The highest BCUT2D eigenvalue weighted by Gasteiger charge is 2.32. The van der Waals surface area contributed by atoms with Crippen molar-refractivity contribution in [3.05, 3.63) is 94.0 Å². The number of aryl methyl sites for hydroxylation is 2. The van der Waals surface area contributed by atoms with Gasteiger partial charge in [-0.2, -0.15) is 0 Å². The topological polar surface area (TPSA) is 86.8 Å². The van der Waals surface area contributed by atoms with Crippen LogP contribution in [0.4, 0.5) is 5.69 Å². The van der Waals surface area contributed by atoms with Crippen LogP contribution >= 0.6 is 15.9 Å². The SMILES string of the molecule is CCCCNC(=O)C(C)N(Cc1ccc(Br)cc1)C(=O)CN(c1ccc(C)cc1)S(=O)(=O)c1ccc(C)cc1. The van der Waals surface area contributed by atoms with Gasteiger partial charge in [-0.05, 0) is 69.2 Å². The van der Waals surface area contributed by atoms with E-state index in [9.17, 15) is 18.0 Å². The summed E-state index contributed by atoms with van der Waals surface area (Å²) in [5.74, 6) is -0.760. The third-order valence-electron chi connectivity index (χ3n) is 6.47. The number of unbranched alkanes of at least 4 members (excludes halogenated alkanes) is 1. The van der Waals surface area contributed by atoms with Gasteiger partial charge in [0.05, 0.1) is 10.6 Å². The largest absolute Gasteiger partial charge is 0.354 e. The second kappa shape index (κ2) is 13.8. The normalized spacial score (nSPS) is 12.0. The number of hydrogen-bond donors (Lipinski definition) is 1. The van der Waals surface area contributed by atoms with Crippen LogP contribution in [-0.4, -0.2) is 44.3 Å². The summed E-state index contributed by atoms with van der Waals surface area (Å²) in [5.41, 5.74) is 3.09. The molecule has 0 radical (unpaired) electrons. The summed E-state index contributed by atoms with van der Waals surface area (Å²) in [4.78, 5) is 28.4. The van der Waals surface area contributed by atoms with Gasteiger partial charge in [0.15, 0.2) is 0 Å². The Labute approximate surface area is 240 Å². The Hall–Kier alpha value is -3.17. The zero-order valence-corrected chi connectivity index (χ0v) is 25.3. The molecule has 0 aromatic heterocycles. The fourth-order valence-corrected chi connectivity index (χ4v) is 5.66. The number of amides is 2. The first-order valence-corrected chi connectivity index (χ1v) is 15.2. The molecule has 7 nitrogen and oxygen atoms in total. The van der Waals surface area contributed by atoms with Crippen LogP contribution in [0.15, 0.2) is 82.2 Å². The molecule has 0 aliphatic rings. The molecule has 1 unspecified atom stereocenters. The van der Waals surface area contributed by atoms with E-state index in [1.165, 1.54) is 4.90 Å². The number of halogens is 1. The molecule has 0 fully saturated rings. The van der Waals surface area contributed by atoms with Crippen molar-refractivity contribution >= 4 is 43.5 Å². The monoisotopic (exact) mass is 613 g/mol. The van der Waals surface area contributed by atoms with Crippen LogP contribution in [0.2, 0.25) is 0 Å². The third-order valence-corrected chi connectivity index (χ3v) is 8.79. The summed E-state index contributed by atoms with van der Waals surface area (Å²) in [6, 6.07) is 20.2. The Morgan fingerprint density at radius 1 is 0.897 bits per heavy atom. The third kappa shape index (κ3) is 8.16. The Morgan fingerprint density at radius 3 is 2.03 bits per heavy atom. The van der Waals surface area contributed by atoms with E-state index in [-0.39, 0.29) is 17.3 Å². The van der Waals surface area contributed by atoms with Crippen molar-refractivity contribution in [1.82, 2.24) is 10.2 Å². The Balaban J connectivity index is 1.98. The minimum atomic E-state index is -4.08. The van der Waals surface area contributed by atoms with Gasteiger partial charge in [-0.25, -0.2) is 8.42 Å². The minimum absolute atomic E-state index is 0.0892. The van der Waals surface area contributed by atoms with Crippen LogP contribution in [0.1, 0.15) is 43.4 Å². The van der Waals surface area contributed by atoms with Crippen molar-refractivity contribution in [3.8, 4) is 0 Å². The van der Waals surface area contributed by atoms with Gasteiger partial charge in [0.1, 0.15) is 12.6 Å². The summed E-state index contributed by atoms with van der Waals surface area (Å²) in [7, 11) is -4.08. The van der Waals surface area contributed by atoms with Crippen LogP contribution in [0.3, 0.4) is 0 Å². The number of sulfonamides is 1. The molecule has 208 valence electrons. The predicted octanol–water partition coefficient (Wildman–Crippen LogP) is 5.59. The molecule has 3 rings (SSSR count). The molecule has 0 saturated heterocycles. The van der Waals surface area contributed by atoms with Crippen molar-refractivity contribution in [2.45, 2.75) is 58.0 Å². The zero-order valence-electron chi connectivity index (χ0n) is 22.9. The molecule has 2 amide bonds. The minimum Gasteiger partial charge on any atom is -0.354 e. The maximum Gasteiger partial charge on any atom is 0.264 e. The lowest BCUT2D eigenvalue weighted by atomic mass is 10.1. The first kappa shape index (κ1) is 30.4. The van der Waals surface area contributed by atoms with Crippen molar-refractivity contribution in [1.29, 1.82) is 0 Å². The molecule has 0 spiro atoms. The number of carbonyl (C=O) groups excluding carboxylic acids is 2. The van der Waals surface area contributed by atoms with E-state index in [1.807, 2.05) is 45.0 Å². The lowest BCUT2D eigenvalue weighted by Crippen LogP contribution is -2.51. The van der Waals surface area contributed by atoms with Gasteiger partial charge in [-0.1, -0.05) is 76.8 Å². The number of nitrogens with one attached hydrogen (secondary N) is 1. The second-order valence-corrected chi connectivity index (χ2v) is 12.4. The lowest BCUT2D eigenvalue weighted by Gasteiger charge is -2.32. The maximum absolute atomic E-state index is 13.9. The summed E-state index contributed by atoms with van der Waals surface area (Å²) in [6.45, 7) is 7.70. The maximum atomic E-state index is 13.9. The molecular weight excluding hydrogens is 578 g/mol. The molecule has 1 N–H and O–H groups in total. The van der Waals surface area contributed by atoms with E-state index >= 15 is 0 Å². The Bertz CT molecular complexity index is 1360. The fourth-order valence-electron chi connectivity index (χ4n) is 3.98. The van der Waals surface area contributed by atoms with Crippen LogP contribution in [-0.2, 0) is 26.2 Å². The standard InChI is InChI=1S/C30H36BrN3O4S/c1-5-6-19-32-30(36)24(4)33(20-25-11-13-26(31)14-12-25)29(35)21-34(27-15-7-22(2)8-16-27)39(37,38)28-17-9-23(3)10-18-28/h7-18,24H,5-6,19-21H2,1-4H3,(H,32,36). The molecule has 39 heavy (non-hydrogen) atoms. The highest BCUT2D eigenvalue weighted by Crippen LogP contribution is 2.25. The van der Waals surface area contributed by atoms with Crippen molar-refractivity contribution < 1.29 is 18.0 Å². The number of benzene rings is 3. The highest BCUT2D eigenvalue weighted by atomic mass is 79.9. The van der Waals surface area contributed by atoms with Gasteiger partial charge in [0, 0.05) is 17.6 Å². The van der Waals surface area contributed by atoms with Crippen LogP contribution in [0, 0.1) is 13.8 Å². The number of nitrogens with zero attached hydrogens (tertiary/aromatic N) is 2. The van der Waals surface area contributed by atoms with Crippen molar-refractivity contribution in [3.63, 3.8) is 0 Å². The molecule has 0 bridgehead atoms. The quantitative estimate of drug-likeness (QED) is 0.270. The predicted molar refractivity (Wildman–Crippen MR) is 159 cm³/mol. The molecule has 0 heterocycles.